The molecule has 1 atom stereocenters. The summed E-state index contributed by atoms with van der Waals surface area (Å²) in [5.41, 5.74) is 15.6. The Morgan fingerprint density at radius 1 is 0.923 bits per heavy atom. The highest BCUT2D eigenvalue weighted by atomic mass is 16.4. The van der Waals surface area contributed by atoms with Gasteiger partial charge >= 0.3 is 5.97 Å². The molecule has 0 radical (unpaired) electrons. The van der Waals surface area contributed by atoms with Crippen LogP contribution in [0.25, 0.3) is 0 Å². The zero-order valence-electron chi connectivity index (χ0n) is 14.7. The van der Waals surface area contributed by atoms with E-state index in [9.17, 15) is 19.2 Å². The van der Waals surface area contributed by atoms with Gasteiger partial charge < -0.3 is 32.9 Å². The number of amides is 3. The summed E-state index contributed by atoms with van der Waals surface area (Å²) in [6, 6.07) is -0.803. The number of hydrogen-bond donors (Lipinski definition) is 6. The molecule has 0 aromatic carbocycles. The van der Waals surface area contributed by atoms with Crippen LogP contribution in [0.4, 0.5) is 0 Å². The number of carbonyl (C=O) groups is 4. The van der Waals surface area contributed by atoms with Gasteiger partial charge in [-0.25, -0.2) is 0 Å². The summed E-state index contributed by atoms with van der Waals surface area (Å²) < 4.78 is 0. The van der Waals surface area contributed by atoms with Crippen molar-refractivity contribution < 1.29 is 24.3 Å². The Morgan fingerprint density at radius 2 is 1.58 bits per heavy atom. The second-order valence-corrected chi connectivity index (χ2v) is 5.67. The Labute approximate surface area is 151 Å². The lowest BCUT2D eigenvalue weighted by Crippen LogP contribution is -2.44. The highest BCUT2D eigenvalue weighted by Crippen LogP contribution is 2.00. The van der Waals surface area contributed by atoms with E-state index in [0.29, 0.717) is 25.8 Å². The summed E-state index contributed by atoms with van der Waals surface area (Å²) in [6.45, 7) is 0.612. The summed E-state index contributed by atoms with van der Waals surface area (Å²) in [6.07, 6.45) is 1.63. The number of guanidine groups is 1. The fourth-order valence-electron chi connectivity index (χ4n) is 2.02. The minimum atomic E-state index is -0.947. The molecule has 26 heavy (non-hydrogen) atoms. The maximum absolute atomic E-state index is 11.8. The van der Waals surface area contributed by atoms with Gasteiger partial charge in [-0.3, -0.25) is 24.2 Å². The minimum absolute atomic E-state index is 0.0466. The zero-order chi connectivity index (χ0) is 19.9. The molecule has 0 aliphatic rings. The Morgan fingerprint density at radius 3 is 2.15 bits per heavy atom. The first-order chi connectivity index (χ1) is 12.2. The van der Waals surface area contributed by atoms with Gasteiger partial charge in [0, 0.05) is 32.4 Å². The van der Waals surface area contributed by atoms with Crippen molar-refractivity contribution in [1.29, 1.82) is 0 Å². The highest BCUT2D eigenvalue weighted by molar-refractivity contribution is 5.86. The first-order valence-corrected chi connectivity index (χ1v) is 8.35. The van der Waals surface area contributed by atoms with Gasteiger partial charge in [0.05, 0.1) is 0 Å². The Balaban J connectivity index is 3.95. The lowest BCUT2D eigenvalue weighted by molar-refractivity contribution is -0.137. The van der Waals surface area contributed by atoms with Crippen LogP contribution in [0.5, 0.6) is 0 Å². The van der Waals surface area contributed by atoms with Crippen LogP contribution in [0.1, 0.15) is 44.9 Å². The van der Waals surface area contributed by atoms with Gasteiger partial charge in [-0.05, 0) is 25.7 Å². The predicted molar refractivity (Wildman–Crippen MR) is 94.8 cm³/mol. The number of hydrogen-bond acceptors (Lipinski definition) is 5. The fourth-order valence-corrected chi connectivity index (χ4v) is 2.02. The number of rotatable bonds is 14. The smallest absolute Gasteiger partial charge is 0.303 e. The van der Waals surface area contributed by atoms with Crippen LogP contribution >= 0.6 is 0 Å². The topological polar surface area (TPSA) is 203 Å². The average molecular weight is 372 g/mol. The van der Waals surface area contributed by atoms with E-state index in [1.165, 1.54) is 0 Å². The molecular weight excluding hydrogens is 344 g/mol. The number of primary amides is 1. The largest absolute Gasteiger partial charge is 0.481 e. The van der Waals surface area contributed by atoms with E-state index < -0.39 is 17.9 Å². The van der Waals surface area contributed by atoms with Crippen molar-refractivity contribution in [3.63, 3.8) is 0 Å². The van der Waals surface area contributed by atoms with Gasteiger partial charge in [-0.15, -0.1) is 0 Å². The number of carboxylic acid groups (broad SMARTS) is 1. The van der Waals surface area contributed by atoms with Crippen molar-refractivity contribution in [2.24, 2.45) is 22.2 Å². The molecule has 0 aliphatic carbocycles. The Kier molecular flexibility index (Phi) is 12.0. The molecule has 0 aromatic rings. The number of carbonyl (C=O) groups excluding carboxylic acids is 3. The number of aliphatic imine (C=N–C) groups is 1. The number of nitrogens with two attached hydrogens (primary N) is 3. The van der Waals surface area contributed by atoms with E-state index in [2.05, 4.69) is 15.6 Å². The third kappa shape index (κ3) is 13.6. The molecular formula is C15H28N6O5. The molecule has 0 rings (SSSR count). The second-order valence-electron chi connectivity index (χ2n) is 5.67. The first-order valence-electron chi connectivity index (χ1n) is 8.35. The van der Waals surface area contributed by atoms with Gasteiger partial charge in [-0.1, -0.05) is 0 Å². The third-order valence-electron chi connectivity index (χ3n) is 3.32. The Bertz CT molecular complexity index is 519. The summed E-state index contributed by atoms with van der Waals surface area (Å²) in [5, 5.41) is 13.6. The van der Waals surface area contributed by atoms with Crippen LogP contribution in [0.15, 0.2) is 4.99 Å². The zero-order valence-corrected chi connectivity index (χ0v) is 14.7. The van der Waals surface area contributed by atoms with E-state index in [1.54, 1.807) is 0 Å². The third-order valence-corrected chi connectivity index (χ3v) is 3.32. The Hall–Kier alpha value is -2.85. The van der Waals surface area contributed by atoms with E-state index in [4.69, 9.17) is 22.3 Å². The van der Waals surface area contributed by atoms with Crippen LogP contribution in [-0.2, 0) is 19.2 Å². The number of carboxylic acids is 1. The van der Waals surface area contributed by atoms with Gasteiger partial charge in [-0.2, -0.15) is 0 Å². The van der Waals surface area contributed by atoms with E-state index in [0.717, 1.165) is 0 Å². The molecule has 3 amide bonds. The van der Waals surface area contributed by atoms with Crippen molar-refractivity contribution in [2.75, 3.05) is 13.1 Å². The lowest BCUT2D eigenvalue weighted by atomic mass is 10.1. The molecule has 11 heteroatoms. The minimum Gasteiger partial charge on any atom is -0.481 e. The summed E-state index contributed by atoms with van der Waals surface area (Å²) in [4.78, 5) is 48.7. The molecule has 0 saturated carbocycles. The molecule has 0 aromatic heterocycles. The quantitative estimate of drug-likeness (QED) is 0.117. The second kappa shape index (κ2) is 13.4. The van der Waals surface area contributed by atoms with Gasteiger partial charge in [0.2, 0.25) is 17.7 Å². The average Bonchev–Trinajstić information content (AvgIpc) is 2.53. The van der Waals surface area contributed by atoms with Crippen LogP contribution in [0.2, 0.25) is 0 Å². The molecule has 0 spiro atoms. The fraction of sp³-hybridized carbons (Fsp3) is 0.667. The monoisotopic (exact) mass is 372 g/mol. The van der Waals surface area contributed by atoms with Crippen molar-refractivity contribution in [3.8, 4) is 0 Å². The molecule has 9 N–H and O–H groups in total. The maximum Gasteiger partial charge on any atom is 0.303 e. The number of nitrogens with zero attached hydrogens (tertiary/aromatic N) is 1. The molecule has 0 aliphatic heterocycles. The first kappa shape index (κ1) is 23.1. The van der Waals surface area contributed by atoms with E-state index >= 15 is 0 Å². The number of nitrogens with one attached hydrogen (secondary N) is 2. The maximum atomic E-state index is 11.8. The number of aliphatic carboxylic acids is 1. The molecule has 0 fully saturated rings. The predicted octanol–water partition coefficient (Wildman–Crippen LogP) is -1.84. The lowest BCUT2D eigenvalue weighted by Gasteiger charge is -2.15. The summed E-state index contributed by atoms with van der Waals surface area (Å²) in [7, 11) is 0. The van der Waals surface area contributed by atoms with Crippen molar-refractivity contribution >= 4 is 29.7 Å². The van der Waals surface area contributed by atoms with Gasteiger partial charge in [0.15, 0.2) is 5.96 Å². The van der Waals surface area contributed by atoms with Gasteiger partial charge in [0.25, 0.3) is 0 Å². The molecule has 148 valence electrons. The van der Waals surface area contributed by atoms with Crippen molar-refractivity contribution in [3.05, 3.63) is 0 Å². The normalized spacial score (nSPS) is 11.2. The summed E-state index contributed by atoms with van der Waals surface area (Å²) >= 11 is 0. The van der Waals surface area contributed by atoms with E-state index in [-0.39, 0.29) is 50.0 Å². The van der Waals surface area contributed by atoms with E-state index in [1.807, 2.05) is 0 Å². The van der Waals surface area contributed by atoms with Crippen LogP contribution < -0.4 is 27.8 Å². The molecule has 0 saturated heterocycles. The van der Waals surface area contributed by atoms with Crippen LogP contribution in [0.3, 0.4) is 0 Å². The molecule has 0 unspecified atom stereocenters. The molecule has 0 bridgehead atoms. The molecule has 11 nitrogen and oxygen atoms in total. The summed E-state index contributed by atoms with van der Waals surface area (Å²) in [5.74, 6) is -2.25. The standard InChI is InChI=1S/C15H28N6O5/c16-14(26)10(4-2-9-20-15(17)18)21-12(23)6-3-8-19-11(22)5-1-7-13(24)25/h10H,1-9H2,(H2,16,26)(H,19,22)(H,21,23)(H,24,25)(H4,17,18,20)/t10-/m1/s1. The molecule has 0 heterocycles. The van der Waals surface area contributed by atoms with Crippen molar-refractivity contribution in [1.82, 2.24) is 10.6 Å². The van der Waals surface area contributed by atoms with Gasteiger partial charge in [0.1, 0.15) is 6.04 Å². The van der Waals surface area contributed by atoms with Crippen LogP contribution in [0, 0.1) is 0 Å². The van der Waals surface area contributed by atoms with Crippen LogP contribution in [-0.4, -0.2) is 53.9 Å². The SMILES string of the molecule is NC(=O)[C@@H](CCCN=C(N)N)NC(=O)CCCNC(=O)CCCC(=O)O. The highest BCUT2D eigenvalue weighted by Gasteiger charge is 2.17. The van der Waals surface area contributed by atoms with Crippen molar-refractivity contribution in [2.45, 2.75) is 51.0 Å².